The number of aromatic nitrogens is 2. The van der Waals surface area contributed by atoms with E-state index in [0.717, 1.165) is 5.56 Å². The van der Waals surface area contributed by atoms with Crippen molar-refractivity contribution < 1.29 is 0 Å². The van der Waals surface area contributed by atoms with E-state index in [0.29, 0.717) is 27.4 Å². The van der Waals surface area contributed by atoms with Crippen LogP contribution in [0.25, 0.3) is 28.7 Å². The Morgan fingerprint density at radius 2 is 1.70 bits per heavy atom. The number of fused-ring (bicyclic) bond motifs is 1. The average molecular weight is 373 g/mol. The monoisotopic (exact) mass is 372 g/mol. The first-order chi connectivity index (χ1) is 13.1. The minimum absolute atomic E-state index is 0.141. The molecule has 0 bridgehead atoms. The predicted octanol–water partition coefficient (Wildman–Crippen LogP) is 5.52. The van der Waals surface area contributed by atoms with Crippen molar-refractivity contribution in [3.8, 4) is 5.69 Å². The summed E-state index contributed by atoms with van der Waals surface area (Å²) in [6, 6.07) is 22.8. The summed E-state index contributed by atoms with van der Waals surface area (Å²) in [5.41, 5.74) is 3.36. The fourth-order valence-electron chi connectivity index (χ4n) is 3.07. The second kappa shape index (κ2) is 7.22. The van der Waals surface area contributed by atoms with Gasteiger partial charge in [-0.3, -0.25) is 9.36 Å². The molecule has 1 aromatic heterocycles. The molecule has 0 saturated heterocycles. The lowest BCUT2D eigenvalue weighted by atomic mass is 10.1. The van der Waals surface area contributed by atoms with Crippen molar-refractivity contribution in [1.82, 2.24) is 9.55 Å². The largest absolute Gasteiger partial charge is 0.268 e. The summed E-state index contributed by atoms with van der Waals surface area (Å²) >= 11 is 6.38. The average Bonchev–Trinajstić information content (AvgIpc) is 2.68. The first-order valence-electron chi connectivity index (χ1n) is 8.65. The Hall–Kier alpha value is -3.17. The summed E-state index contributed by atoms with van der Waals surface area (Å²) in [5.74, 6) is 0.535. The van der Waals surface area contributed by atoms with Crippen LogP contribution in [-0.4, -0.2) is 9.55 Å². The molecule has 0 unspecified atom stereocenters. The Kier molecular flexibility index (Phi) is 4.61. The number of nitrogens with zero attached hydrogens (tertiary/aromatic N) is 2. The number of halogens is 1. The fraction of sp³-hybridized carbons (Fsp3) is 0.0435. The molecule has 3 aromatic carbocycles. The van der Waals surface area contributed by atoms with Crippen LogP contribution in [0.5, 0.6) is 0 Å². The first-order valence-corrected chi connectivity index (χ1v) is 9.03. The van der Waals surface area contributed by atoms with Crippen LogP contribution in [-0.2, 0) is 0 Å². The second-order valence-corrected chi connectivity index (χ2v) is 6.73. The molecule has 0 aliphatic rings. The summed E-state index contributed by atoms with van der Waals surface area (Å²) in [6.07, 6.45) is 3.81. The maximum atomic E-state index is 13.2. The van der Waals surface area contributed by atoms with Gasteiger partial charge in [-0.05, 0) is 42.8 Å². The van der Waals surface area contributed by atoms with Crippen molar-refractivity contribution in [1.29, 1.82) is 0 Å². The molecule has 0 spiro atoms. The fourth-order valence-corrected chi connectivity index (χ4v) is 3.29. The van der Waals surface area contributed by atoms with Gasteiger partial charge in [-0.15, -0.1) is 0 Å². The lowest BCUT2D eigenvalue weighted by molar-refractivity contribution is 0.944. The molecule has 3 nitrogen and oxygen atoms in total. The number of benzene rings is 3. The third kappa shape index (κ3) is 3.42. The number of rotatable bonds is 3. The van der Waals surface area contributed by atoms with Crippen LogP contribution in [0.2, 0.25) is 5.02 Å². The van der Waals surface area contributed by atoms with E-state index in [1.54, 1.807) is 16.7 Å². The van der Waals surface area contributed by atoms with Gasteiger partial charge in [0.15, 0.2) is 0 Å². The Bertz CT molecular complexity index is 1220. The number of hydrogen-bond acceptors (Lipinski definition) is 2. The topological polar surface area (TPSA) is 34.9 Å². The van der Waals surface area contributed by atoms with Crippen molar-refractivity contribution in [2.45, 2.75) is 6.92 Å². The van der Waals surface area contributed by atoms with E-state index in [-0.39, 0.29) is 5.56 Å². The SMILES string of the molecule is Cc1cccc(/C=C/c2nc3ccccc3c(=O)n2-c2ccccc2Cl)c1. The van der Waals surface area contributed by atoms with E-state index >= 15 is 0 Å². The highest BCUT2D eigenvalue weighted by Crippen LogP contribution is 2.22. The van der Waals surface area contributed by atoms with Crippen LogP contribution in [0.15, 0.2) is 77.6 Å². The van der Waals surface area contributed by atoms with E-state index in [1.165, 1.54) is 5.56 Å². The molecule has 0 fully saturated rings. The zero-order chi connectivity index (χ0) is 18.8. The van der Waals surface area contributed by atoms with Gasteiger partial charge in [0.25, 0.3) is 5.56 Å². The summed E-state index contributed by atoms with van der Waals surface area (Å²) < 4.78 is 1.57. The summed E-state index contributed by atoms with van der Waals surface area (Å²) in [7, 11) is 0. The zero-order valence-electron chi connectivity index (χ0n) is 14.8. The van der Waals surface area contributed by atoms with E-state index in [1.807, 2.05) is 73.7 Å². The normalized spacial score (nSPS) is 11.3. The number of aryl methyl sites for hydroxylation is 1. The molecule has 0 amide bonds. The molecule has 0 aliphatic carbocycles. The Morgan fingerprint density at radius 1 is 0.926 bits per heavy atom. The van der Waals surface area contributed by atoms with Gasteiger partial charge in [-0.2, -0.15) is 0 Å². The van der Waals surface area contributed by atoms with Gasteiger partial charge in [0.05, 0.1) is 21.6 Å². The maximum absolute atomic E-state index is 13.2. The molecule has 1 heterocycles. The smallest absolute Gasteiger partial charge is 0.266 e. The van der Waals surface area contributed by atoms with Crippen LogP contribution < -0.4 is 5.56 Å². The summed E-state index contributed by atoms with van der Waals surface area (Å²) in [5, 5.41) is 1.06. The third-order valence-corrected chi connectivity index (χ3v) is 4.68. The van der Waals surface area contributed by atoms with Crippen LogP contribution in [0.4, 0.5) is 0 Å². The predicted molar refractivity (Wildman–Crippen MR) is 112 cm³/mol. The number of hydrogen-bond donors (Lipinski definition) is 0. The van der Waals surface area contributed by atoms with E-state index in [4.69, 9.17) is 16.6 Å². The highest BCUT2D eigenvalue weighted by molar-refractivity contribution is 6.32. The Morgan fingerprint density at radius 3 is 2.52 bits per heavy atom. The summed E-state index contributed by atoms with van der Waals surface area (Å²) in [6.45, 7) is 2.05. The van der Waals surface area contributed by atoms with Gasteiger partial charge in [0, 0.05) is 0 Å². The van der Waals surface area contributed by atoms with Crippen LogP contribution in [0, 0.1) is 6.92 Å². The molecule has 0 saturated carbocycles. The van der Waals surface area contributed by atoms with Crippen LogP contribution in [0.3, 0.4) is 0 Å². The Balaban J connectivity index is 1.97. The van der Waals surface area contributed by atoms with Gasteiger partial charge < -0.3 is 0 Å². The van der Waals surface area contributed by atoms with Gasteiger partial charge >= 0.3 is 0 Å². The zero-order valence-corrected chi connectivity index (χ0v) is 15.5. The standard InChI is InChI=1S/C23H17ClN2O/c1-16-7-6-8-17(15-16)13-14-22-25-20-11-4-2-9-18(20)23(27)26(22)21-12-5-3-10-19(21)24/h2-15H,1H3/b14-13+. The first kappa shape index (κ1) is 17.3. The Labute approximate surface area is 162 Å². The molecular weight excluding hydrogens is 356 g/mol. The van der Waals surface area contributed by atoms with E-state index in [2.05, 4.69) is 6.07 Å². The maximum Gasteiger partial charge on any atom is 0.266 e. The highest BCUT2D eigenvalue weighted by atomic mass is 35.5. The number of para-hydroxylation sites is 2. The lowest BCUT2D eigenvalue weighted by Crippen LogP contribution is -2.22. The van der Waals surface area contributed by atoms with Gasteiger partial charge in [-0.1, -0.05) is 71.8 Å². The van der Waals surface area contributed by atoms with Crippen molar-refractivity contribution in [3.63, 3.8) is 0 Å². The molecule has 0 aliphatic heterocycles. The third-order valence-electron chi connectivity index (χ3n) is 4.36. The molecule has 132 valence electrons. The molecule has 0 radical (unpaired) electrons. The molecule has 4 aromatic rings. The van der Waals surface area contributed by atoms with Gasteiger partial charge in [0.1, 0.15) is 5.82 Å². The quantitative estimate of drug-likeness (QED) is 0.474. The summed E-state index contributed by atoms with van der Waals surface area (Å²) in [4.78, 5) is 17.9. The molecular formula is C23H17ClN2O. The molecule has 4 rings (SSSR count). The molecule has 0 atom stereocenters. The van der Waals surface area contributed by atoms with Crippen LogP contribution in [0.1, 0.15) is 17.0 Å². The minimum Gasteiger partial charge on any atom is -0.268 e. The van der Waals surface area contributed by atoms with Crippen molar-refractivity contribution in [2.24, 2.45) is 0 Å². The van der Waals surface area contributed by atoms with Crippen molar-refractivity contribution in [3.05, 3.63) is 105 Å². The van der Waals surface area contributed by atoms with E-state index < -0.39 is 0 Å². The van der Waals surface area contributed by atoms with Crippen molar-refractivity contribution in [2.75, 3.05) is 0 Å². The van der Waals surface area contributed by atoms with Gasteiger partial charge in [0.2, 0.25) is 0 Å². The minimum atomic E-state index is -0.141. The molecule has 27 heavy (non-hydrogen) atoms. The van der Waals surface area contributed by atoms with Crippen molar-refractivity contribution >= 4 is 34.7 Å². The highest BCUT2D eigenvalue weighted by Gasteiger charge is 2.13. The van der Waals surface area contributed by atoms with E-state index in [9.17, 15) is 4.79 Å². The van der Waals surface area contributed by atoms with Gasteiger partial charge in [-0.25, -0.2) is 4.98 Å². The van der Waals surface area contributed by atoms with Crippen LogP contribution >= 0.6 is 11.6 Å². The molecule has 0 N–H and O–H groups in total. The lowest BCUT2D eigenvalue weighted by Gasteiger charge is -2.12. The second-order valence-electron chi connectivity index (χ2n) is 6.33. The molecule has 4 heteroatoms.